The number of hydrogen-bond acceptors (Lipinski definition) is 2. The van der Waals surface area contributed by atoms with E-state index < -0.39 is 11.6 Å². The normalized spacial score (nSPS) is 10.6. The molecular weight excluding hydrogens is 200 g/mol. The second-order valence-corrected chi connectivity index (χ2v) is 3.21. The maximum atomic E-state index is 13.5. The molecule has 2 N–H and O–H groups in total. The summed E-state index contributed by atoms with van der Waals surface area (Å²) in [5.41, 5.74) is 5.81. The highest BCUT2D eigenvalue weighted by Gasteiger charge is 2.10. The Bertz CT molecular complexity index is 505. The number of nitrogens with zero attached hydrogens (tertiary/aromatic N) is 2. The number of benzene rings is 1. The summed E-state index contributed by atoms with van der Waals surface area (Å²) >= 11 is 0. The van der Waals surface area contributed by atoms with Crippen LogP contribution in [0.4, 0.5) is 14.7 Å². The standard InChI is InChI=1S/C10H9F2N3/c1-6-4-8(12)9(5-7(6)11)15-3-2-14-10(15)13/h2-5H,1H3,(H2,13,14). The lowest BCUT2D eigenvalue weighted by Crippen LogP contribution is -2.03. The minimum absolute atomic E-state index is 0.0631. The average Bonchev–Trinajstić information content (AvgIpc) is 2.58. The molecule has 15 heavy (non-hydrogen) atoms. The molecule has 0 aliphatic rings. The van der Waals surface area contributed by atoms with E-state index in [9.17, 15) is 8.78 Å². The molecule has 0 unspecified atom stereocenters. The first kappa shape index (κ1) is 9.64. The number of aromatic nitrogens is 2. The molecule has 0 saturated carbocycles. The van der Waals surface area contributed by atoms with E-state index >= 15 is 0 Å². The van der Waals surface area contributed by atoms with E-state index in [2.05, 4.69) is 4.98 Å². The Labute approximate surface area is 85.2 Å². The van der Waals surface area contributed by atoms with Crippen LogP contribution in [0, 0.1) is 18.6 Å². The SMILES string of the molecule is Cc1cc(F)c(-n2ccnc2N)cc1F. The fourth-order valence-electron chi connectivity index (χ4n) is 1.34. The molecule has 0 atom stereocenters. The van der Waals surface area contributed by atoms with Crippen LogP contribution in [0.5, 0.6) is 0 Å². The first-order valence-corrected chi connectivity index (χ1v) is 4.34. The van der Waals surface area contributed by atoms with Crippen molar-refractivity contribution in [3.63, 3.8) is 0 Å². The summed E-state index contributed by atoms with van der Waals surface area (Å²) in [6, 6.07) is 2.23. The first-order valence-electron chi connectivity index (χ1n) is 4.34. The molecule has 0 bridgehead atoms. The number of nitrogens with two attached hydrogens (primary N) is 1. The second-order valence-electron chi connectivity index (χ2n) is 3.21. The molecule has 0 aliphatic heterocycles. The summed E-state index contributed by atoms with van der Waals surface area (Å²) in [6.45, 7) is 1.50. The molecule has 2 aromatic rings. The summed E-state index contributed by atoms with van der Waals surface area (Å²) < 4.78 is 28.0. The maximum Gasteiger partial charge on any atom is 0.204 e. The molecule has 5 heteroatoms. The van der Waals surface area contributed by atoms with Crippen molar-refractivity contribution in [3.05, 3.63) is 41.7 Å². The van der Waals surface area contributed by atoms with Crippen LogP contribution in [0.2, 0.25) is 0 Å². The minimum Gasteiger partial charge on any atom is -0.369 e. The van der Waals surface area contributed by atoms with Gasteiger partial charge in [-0.15, -0.1) is 0 Å². The van der Waals surface area contributed by atoms with E-state index in [0.717, 1.165) is 12.1 Å². The van der Waals surface area contributed by atoms with Gasteiger partial charge in [-0.2, -0.15) is 0 Å². The van der Waals surface area contributed by atoms with Gasteiger partial charge in [-0.1, -0.05) is 0 Å². The van der Waals surface area contributed by atoms with E-state index in [-0.39, 0.29) is 17.2 Å². The molecule has 2 rings (SSSR count). The third-order valence-corrected chi connectivity index (χ3v) is 2.16. The summed E-state index contributed by atoms with van der Waals surface area (Å²) in [7, 11) is 0. The molecule has 0 fully saturated rings. The highest BCUT2D eigenvalue weighted by atomic mass is 19.1. The number of hydrogen-bond donors (Lipinski definition) is 1. The number of imidazole rings is 1. The van der Waals surface area contributed by atoms with Gasteiger partial charge in [-0.25, -0.2) is 13.8 Å². The maximum absolute atomic E-state index is 13.5. The van der Waals surface area contributed by atoms with Gasteiger partial charge in [-0.05, 0) is 18.6 Å². The predicted molar refractivity (Wildman–Crippen MR) is 52.6 cm³/mol. The molecule has 1 heterocycles. The highest BCUT2D eigenvalue weighted by molar-refractivity contribution is 5.42. The Morgan fingerprint density at radius 2 is 2.00 bits per heavy atom. The summed E-state index contributed by atoms with van der Waals surface area (Å²) in [5.74, 6) is -0.879. The lowest BCUT2D eigenvalue weighted by atomic mass is 10.2. The van der Waals surface area contributed by atoms with Crippen LogP contribution in [0.15, 0.2) is 24.5 Å². The van der Waals surface area contributed by atoms with Gasteiger partial charge in [-0.3, -0.25) is 4.57 Å². The van der Waals surface area contributed by atoms with Gasteiger partial charge >= 0.3 is 0 Å². The lowest BCUT2D eigenvalue weighted by molar-refractivity contribution is 0.586. The van der Waals surface area contributed by atoms with Crippen LogP contribution in [0.3, 0.4) is 0 Å². The van der Waals surface area contributed by atoms with Gasteiger partial charge in [0.05, 0.1) is 5.69 Å². The van der Waals surface area contributed by atoms with E-state index in [0.29, 0.717) is 0 Å². The number of anilines is 1. The van der Waals surface area contributed by atoms with E-state index in [1.165, 1.54) is 23.9 Å². The van der Waals surface area contributed by atoms with E-state index in [1.54, 1.807) is 0 Å². The molecular formula is C10H9F2N3. The quantitative estimate of drug-likeness (QED) is 0.781. The monoisotopic (exact) mass is 209 g/mol. The molecule has 0 spiro atoms. The van der Waals surface area contributed by atoms with Crippen LogP contribution >= 0.6 is 0 Å². The zero-order valence-electron chi connectivity index (χ0n) is 8.04. The van der Waals surface area contributed by atoms with Crippen LogP contribution in [0.1, 0.15) is 5.56 Å². The Kier molecular flexibility index (Phi) is 2.15. The Morgan fingerprint density at radius 1 is 1.27 bits per heavy atom. The molecule has 1 aromatic heterocycles. The zero-order valence-corrected chi connectivity index (χ0v) is 8.04. The van der Waals surface area contributed by atoms with Gasteiger partial charge in [0.25, 0.3) is 0 Å². The smallest absolute Gasteiger partial charge is 0.204 e. The molecule has 1 aromatic carbocycles. The van der Waals surface area contributed by atoms with E-state index in [1.807, 2.05) is 0 Å². The van der Waals surface area contributed by atoms with Crippen molar-refractivity contribution in [3.8, 4) is 5.69 Å². The van der Waals surface area contributed by atoms with Crippen molar-refractivity contribution < 1.29 is 8.78 Å². The van der Waals surface area contributed by atoms with Gasteiger partial charge in [0.15, 0.2) is 0 Å². The Balaban J connectivity index is 2.64. The van der Waals surface area contributed by atoms with Crippen molar-refractivity contribution in [2.75, 3.05) is 5.73 Å². The summed E-state index contributed by atoms with van der Waals surface area (Å²) in [6.07, 6.45) is 2.90. The number of nitrogen functional groups attached to an aromatic ring is 1. The van der Waals surface area contributed by atoms with Crippen molar-refractivity contribution >= 4 is 5.95 Å². The third kappa shape index (κ3) is 1.56. The van der Waals surface area contributed by atoms with Gasteiger partial charge in [0.2, 0.25) is 5.95 Å². The van der Waals surface area contributed by atoms with Crippen molar-refractivity contribution in [1.29, 1.82) is 0 Å². The lowest BCUT2D eigenvalue weighted by Gasteiger charge is -2.07. The Morgan fingerprint density at radius 3 is 2.60 bits per heavy atom. The van der Waals surface area contributed by atoms with Crippen molar-refractivity contribution in [2.24, 2.45) is 0 Å². The average molecular weight is 209 g/mol. The topological polar surface area (TPSA) is 43.8 Å². The number of halogens is 2. The summed E-state index contributed by atoms with van der Waals surface area (Å²) in [5, 5.41) is 0. The third-order valence-electron chi connectivity index (χ3n) is 2.16. The molecule has 78 valence electrons. The summed E-state index contributed by atoms with van der Waals surface area (Å²) in [4.78, 5) is 3.74. The van der Waals surface area contributed by atoms with Crippen molar-refractivity contribution in [1.82, 2.24) is 9.55 Å². The van der Waals surface area contributed by atoms with Gasteiger partial charge in [0.1, 0.15) is 11.6 Å². The molecule has 0 amide bonds. The fourth-order valence-corrected chi connectivity index (χ4v) is 1.34. The molecule has 0 saturated heterocycles. The van der Waals surface area contributed by atoms with Crippen LogP contribution in [0.25, 0.3) is 5.69 Å². The predicted octanol–water partition coefficient (Wildman–Crippen LogP) is 2.04. The molecule has 3 nitrogen and oxygen atoms in total. The first-order chi connectivity index (χ1) is 7.09. The number of aryl methyl sites for hydroxylation is 1. The van der Waals surface area contributed by atoms with Crippen LogP contribution in [-0.2, 0) is 0 Å². The largest absolute Gasteiger partial charge is 0.369 e. The second kappa shape index (κ2) is 3.34. The molecule has 0 aliphatic carbocycles. The van der Waals surface area contributed by atoms with Crippen molar-refractivity contribution in [2.45, 2.75) is 6.92 Å². The minimum atomic E-state index is -0.529. The molecule has 0 radical (unpaired) electrons. The Hall–Kier alpha value is -1.91. The number of rotatable bonds is 1. The van der Waals surface area contributed by atoms with Crippen LogP contribution < -0.4 is 5.73 Å². The van der Waals surface area contributed by atoms with Crippen LogP contribution in [-0.4, -0.2) is 9.55 Å². The van der Waals surface area contributed by atoms with E-state index in [4.69, 9.17) is 5.73 Å². The zero-order chi connectivity index (χ0) is 11.0. The van der Waals surface area contributed by atoms with Gasteiger partial charge in [0, 0.05) is 18.5 Å². The fraction of sp³-hybridized carbons (Fsp3) is 0.100. The van der Waals surface area contributed by atoms with Gasteiger partial charge < -0.3 is 5.73 Å². The highest BCUT2D eigenvalue weighted by Crippen LogP contribution is 2.19.